The van der Waals surface area contributed by atoms with Crippen LogP contribution in [0.3, 0.4) is 0 Å². The zero-order chi connectivity index (χ0) is 20.0. The molecule has 0 amide bonds. The summed E-state index contributed by atoms with van der Waals surface area (Å²) in [6.07, 6.45) is 0.625. The Balaban J connectivity index is 1.78. The molecule has 146 valence electrons. The SMILES string of the molecule is Cc1c(Cc2ccc3c(c2)N(C)CN(C)S3)c2cc(F)ccc2n1CC(=O)O. The first kappa shape index (κ1) is 18.8. The molecule has 1 aromatic heterocycles. The molecule has 0 aliphatic carbocycles. The summed E-state index contributed by atoms with van der Waals surface area (Å²) in [7, 11) is 4.13. The fraction of sp³-hybridized carbons (Fsp3) is 0.286. The Bertz CT molecular complexity index is 1080. The van der Waals surface area contributed by atoms with Gasteiger partial charge in [0.05, 0.1) is 12.4 Å². The van der Waals surface area contributed by atoms with Gasteiger partial charge < -0.3 is 14.6 Å². The first-order valence-electron chi connectivity index (χ1n) is 9.05. The topological polar surface area (TPSA) is 48.7 Å². The molecule has 0 radical (unpaired) electrons. The number of carboxylic acids is 1. The summed E-state index contributed by atoms with van der Waals surface area (Å²) in [5, 5.41) is 10.1. The van der Waals surface area contributed by atoms with Crippen LogP contribution >= 0.6 is 11.9 Å². The number of fused-ring (bicyclic) bond motifs is 2. The number of aromatic nitrogens is 1. The Hall–Kier alpha value is -2.51. The molecule has 1 aliphatic rings. The predicted molar refractivity (Wildman–Crippen MR) is 110 cm³/mol. The second-order valence-electron chi connectivity index (χ2n) is 7.24. The van der Waals surface area contributed by atoms with E-state index in [0.717, 1.165) is 34.4 Å². The molecule has 2 aromatic carbocycles. The number of carbonyl (C=O) groups is 1. The lowest BCUT2D eigenvalue weighted by Crippen LogP contribution is -2.32. The fourth-order valence-corrected chi connectivity index (χ4v) is 4.91. The molecule has 3 aromatic rings. The van der Waals surface area contributed by atoms with E-state index < -0.39 is 5.97 Å². The standard InChI is InChI=1S/C21H22FN3O2S/c1-13-16(17-10-15(22)5-6-18(17)25(13)11-21(26)27)8-14-4-7-20-19(9-14)23(2)12-24(3)28-20/h4-7,9-10H,8,11-12H2,1-3H3,(H,26,27). The smallest absolute Gasteiger partial charge is 0.323 e. The molecular weight excluding hydrogens is 377 g/mol. The van der Waals surface area contributed by atoms with E-state index in [1.54, 1.807) is 22.6 Å². The Kier molecular flexibility index (Phi) is 4.81. The van der Waals surface area contributed by atoms with E-state index in [2.05, 4.69) is 41.5 Å². The molecule has 28 heavy (non-hydrogen) atoms. The summed E-state index contributed by atoms with van der Waals surface area (Å²) in [6.45, 7) is 2.61. The molecule has 4 rings (SSSR count). The van der Waals surface area contributed by atoms with E-state index >= 15 is 0 Å². The van der Waals surface area contributed by atoms with Gasteiger partial charge in [-0.05, 0) is 73.8 Å². The van der Waals surface area contributed by atoms with E-state index in [-0.39, 0.29) is 12.4 Å². The second-order valence-corrected chi connectivity index (χ2v) is 8.49. The zero-order valence-electron chi connectivity index (χ0n) is 16.1. The maximum absolute atomic E-state index is 13.9. The molecule has 1 N–H and O–H groups in total. The van der Waals surface area contributed by atoms with Gasteiger partial charge >= 0.3 is 5.97 Å². The van der Waals surface area contributed by atoms with Crippen LogP contribution in [0.4, 0.5) is 10.1 Å². The van der Waals surface area contributed by atoms with Crippen molar-refractivity contribution in [3.8, 4) is 0 Å². The van der Waals surface area contributed by atoms with Crippen LogP contribution in [0.5, 0.6) is 0 Å². The van der Waals surface area contributed by atoms with Crippen LogP contribution < -0.4 is 4.90 Å². The third-order valence-corrected chi connectivity index (χ3v) is 6.16. The van der Waals surface area contributed by atoms with Crippen molar-refractivity contribution in [2.24, 2.45) is 0 Å². The van der Waals surface area contributed by atoms with E-state index in [1.165, 1.54) is 22.7 Å². The highest BCUT2D eigenvalue weighted by molar-refractivity contribution is 7.97. The van der Waals surface area contributed by atoms with Crippen molar-refractivity contribution in [3.05, 3.63) is 59.0 Å². The van der Waals surface area contributed by atoms with Crippen LogP contribution in [-0.4, -0.2) is 40.7 Å². The van der Waals surface area contributed by atoms with Gasteiger partial charge in [0.25, 0.3) is 0 Å². The number of hydrogen-bond acceptors (Lipinski definition) is 4. The van der Waals surface area contributed by atoms with Crippen molar-refractivity contribution in [1.82, 2.24) is 8.87 Å². The number of halogens is 1. The number of aliphatic carboxylic acids is 1. The lowest BCUT2D eigenvalue weighted by molar-refractivity contribution is -0.137. The number of anilines is 1. The molecule has 0 bridgehead atoms. The number of carboxylic acid groups (broad SMARTS) is 1. The Labute approximate surface area is 167 Å². The maximum atomic E-state index is 13.9. The second kappa shape index (κ2) is 7.14. The summed E-state index contributed by atoms with van der Waals surface area (Å²) in [4.78, 5) is 14.7. The average Bonchev–Trinajstić information content (AvgIpc) is 2.87. The van der Waals surface area contributed by atoms with Gasteiger partial charge in [-0.25, -0.2) is 8.70 Å². The number of rotatable bonds is 4. The first-order chi connectivity index (χ1) is 13.3. The normalized spacial score (nSPS) is 14.5. The highest BCUT2D eigenvalue weighted by Gasteiger charge is 2.20. The summed E-state index contributed by atoms with van der Waals surface area (Å²) in [6, 6.07) is 10.9. The van der Waals surface area contributed by atoms with Gasteiger partial charge in [0.2, 0.25) is 0 Å². The van der Waals surface area contributed by atoms with Gasteiger partial charge in [-0.3, -0.25) is 4.79 Å². The van der Waals surface area contributed by atoms with Gasteiger partial charge in [-0.1, -0.05) is 6.07 Å². The zero-order valence-corrected chi connectivity index (χ0v) is 16.9. The minimum atomic E-state index is -0.910. The summed E-state index contributed by atoms with van der Waals surface area (Å²) < 4.78 is 17.9. The Morgan fingerprint density at radius 1 is 1.21 bits per heavy atom. The summed E-state index contributed by atoms with van der Waals surface area (Å²) in [5.74, 6) is -1.22. The Morgan fingerprint density at radius 2 is 2.00 bits per heavy atom. The molecule has 1 aliphatic heterocycles. The lowest BCUT2D eigenvalue weighted by Gasteiger charge is -2.33. The fourth-order valence-electron chi connectivity index (χ4n) is 3.91. The molecule has 0 unspecified atom stereocenters. The molecule has 0 spiro atoms. The van der Waals surface area contributed by atoms with E-state index in [9.17, 15) is 14.3 Å². The highest BCUT2D eigenvalue weighted by atomic mass is 32.2. The number of nitrogens with zero attached hydrogens (tertiary/aromatic N) is 3. The largest absolute Gasteiger partial charge is 0.480 e. The van der Waals surface area contributed by atoms with Crippen molar-refractivity contribution in [3.63, 3.8) is 0 Å². The van der Waals surface area contributed by atoms with Crippen LogP contribution in [0.2, 0.25) is 0 Å². The van der Waals surface area contributed by atoms with Gasteiger partial charge in [0, 0.05) is 28.5 Å². The van der Waals surface area contributed by atoms with E-state index in [0.29, 0.717) is 6.42 Å². The first-order valence-corrected chi connectivity index (χ1v) is 9.83. The quantitative estimate of drug-likeness (QED) is 0.669. The van der Waals surface area contributed by atoms with E-state index in [4.69, 9.17) is 0 Å². The third-order valence-electron chi connectivity index (χ3n) is 5.19. The number of benzene rings is 2. The molecule has 2 heterocycles. The van der Waals surface area contributed by atoms with Crippen LogP contribution in [0.15, 0.2) is 41.3 Å². The van der Waals surface area contributed by atoms with Crippen molar-refractivity contribution in [1.29, 1.82) is 0 Å². The van der Waals surface area contributed by atoms with Gasteiger partial charge in [-0.2, -0.15) is 0 Å². The van der Waals surface area contributed by atoms with Crippen molar-refractivity contribution in [2.45, 2.75) is 24.8 Å². The van der Waals surface area contributed by atoms with Crippen LogP contribution in [0.1, 0.15) is 16.8 Å². The van der Waals surface area contributed by atoms with Crippen molar-refractivity contribution >= 4 is 34.5 Å². The van der Waals surface area contributed by atoms with Crippen LogP contribution in [0, 0.1) is 12.7 Å². The predicted octanol–water partition coefficient (Wildman–Crippen LogP) is 4.11. The monoisotopic (exact) mass is 399 g/mol. The van der Waals surface area contributed by atoms with Gasteiger partial charge in [-0.15, -0.1) is 0 Å². The molecule has 0 atom stereocenters. The van der Waals surface area contributed by atoms with Crippen LogP contribution in [0.25, 0.3) is 10.9 Å². The van der Waals surface area contributed by atoms with E-state index in [1.807, 2.05) is 6.92 Å². The molecule has 0 fully saturated rings. The molecule has 0 saturated heterocycles. The summed E-state index contributed by atoms with van der Waals surface area (Å²) >= 11 is 1.72. The van der Waals surface area contributed by atoms with Gasteiger partial charge in [0.15, 0.2) is 0 Å². The highest BCUT2D eigenvalue weighted by Crippen LogP contribution is 2.37. The minimum Gasteiger partial charge on any atom is -0.480 e. The van der Waals surface area contributed by atoms with Gasteiger partial charge in [0.1, 0.15) is 12.4 Å². The minimum absolute atomic E-state index is 0.135. The number of hydrogen-bond donors (Lipinski definition) is 1. The molecule has 7 heteroatoms. The molecule has 5 nitrogen and oxygen atoms in total. The Morgan fingerprint density at radius 3 is 2.75 bits per heavy atom. The third kappa shape index (κ3) is 3.36. The lowest BCUT2D eigenvalue weighted by atomic mass is 10.0. The molecular formula is C21H22FN3O2S. The average molecular weight is 399 g/mol. The van der Waals surface area contributed by atoms with Crippen molar-refractivity contribution < 1.29 is 14.3 Å². The molecule has 0 saturated carbocycles. The maximum Gasteiger partial charge on any atom is 0.323 e. The van der Waals surface area contributed by atoms with Crippen molar-refractivity contribution in [2.75, 3.05) is 25.7 Å². The summed E-state index contributed by atoms with van der Waals surface area (Å²) in [5.41, 5.74) is 4.89. The van der Waals surface area contributed by atoms with Crippen LogP contribution in [-0.2, 0) is 17.8 Å².